The molecule has 0 aliphatic heterocycles. The van der Waals surface area contributed by atoms with Crippen molar-refractivity contribution in [3.8, 4) is 23.0 Å². The molecular weight excluding hydrogens is 432 g/mol. The van der Waals surface area contributed by atoms with Gasteiger partial charge in [0.05, 0.1) is 12.0 Å². The summed E-state index contributed by atoms with van der Waals surface area (Å²) in [5.41, 5.74) is 3.59. The van der Waals surface area contributed by atoms with Gasteiger partial charge in [-0.05, 0) is 52.9 Å². The number of nitrogens with one attached hydrogen (secondary N) is 2. The first-order valence-corrected chi connectivity index (χ1v) is 11.5. The summed E-state index contributed by atoms with van der Waals surface area (Å²) in [6.45, 7) is 0.251. The first-order valence-electron chi connectivity index (χ1n) is 11.5. The van der Waals surface area contributed by atoms with Gasteiger partial charge in [-0.3, -0.25) is 9.59 Å². The fraction of sp³-hybridized carbons (Fsp3) is 0.370. The van der Waals surface area contributed by atoms with Crippen molar-refractivity contribution in [2.75, 3.05) is 19.7 Å². The molecular formula is C27H26N2O5. The van der Waals surface area contributed by atoms with Crippen LogP contribution in [0.5, 0.6) is 0 Å². The summed E-state index contributed by atoms with van der Waals surface area (Å²) in [7, 11) is 0. The van der Waals surface area contributed by atoms with Crippen molar-refractivity contribution in [1.82, 2.24) is 10.6 Å². The first-order chi connectivity index (χ1) is 16.5. The maximum atomic E-state index is 12.2. The molecule has 1 spiro atoms. The molecule has 7 nitrogen and oxygen atoms in total. The van der Waals surface area contributed by atoms with E-state index in [0.717, 1.165) is 41.5 Å². The lowest BCUT2D eigenvalue weighted by Crippen LogP contribution is -2.39. The number of carboxylic acids is 1. The van der Waals surface area contributed by atoms with Crippen LogP contribution in [-0.4, -0.2) is 42.8 Å². The number of ether oxygens (including phenoxy) is 1. The molecule has 3 aliphatic carbocycles. The fourth-order valence-corrected chi connectivity index (χ4v) is 5.59. The topological polar surface area (TPSA) is 105 Å². The highest BCUT2D eigenvalue weighted by Gasteiger charge is 2.73. The molecule has 0 aromatic heterocycles. The lowest BCUT2D eigenvalue weighted by Gasteiger charge is -2.30. The second kappa shape index (κ2) is 8.53. The van der Waals surface area contributed by atoms with Crippen molar-refractivity contribution >= 4 is 18.0 Å². The number of rotatable bonds is 6. The van der Waals surface area contributed by atoms with E-state index in [1.165, 1.54) is 0 Å². The summed E-state index contributed by atoms with van der Waals surface area (Å²) < 4.78 is 5.43. The molecule has 1 unspecified atom stereocenters. The third kappa shape index (κ3) is 3.69. The van der Waals surface area contributed by atoms with Gasteiger partial charge in [-0.1, -0.05) is 60.9 Å². The molecule has 2 saturated carbocycles. The molecule has 2 amide bonds. The fourth-order valence-electron chi connectivity index (χ4n) is 5.59. The molecule has 2 aromatic carbocycles. The quantitative estimate of drug-likeness (QED) is 0.576. The summed E-state index contributed by atoms with van der Waals surface area (Å²) in [6.07, 6.45) is 2.87. The maximum absolute atomic E-state index is 12.2. The Labute approximate surface area is 197 Å². The molecule has 0 heterocycles. The minimum absolute atomic E-state index is 0.0297. The largest absolute Gasteiger partial charge is 0.481 e. The van der Waals surface area contributed by atoms with Gasteiger partial charge in [0, 0.05) is 12.5 Å². The molecule has 0 saturated heterocycles. The second-order valence-electron chi connectivity index (χ2n) is 9.36. The maximum Gasteiger partial charge on any atom is 0.407 e. The van der Waals surface area contributed by atoms with Crippen LogP contribution in [0, 0.1) is 22.7 Å². The van der Waals surface area contributed by atoms with E-state index in [1.54, 1.807) is 0 Å². The Hall–Kier alpha value is -3.79. The summed E-state index contributed by atoms with van der Waals surface area (Å²) in [5.74, 6) is 3.56. The van der Waals surface area contributed by atoms with E-state index in [9.17, 15) is 19.5 Å². The van der Waals surface area contributed by atoms with E-state index in [2.05, 4.69) is 34.6 Å². The van der Waals surface area contributed by atoms with Crippen LogP contribution in [0.15, 0.2) is 48.5 Å². The van der Waals surface area contributed by atoms with Gasteiger partial charge in [-0.25, -0.2) is 4.79 Å². The number of carbonyl (C=O) groups excluding carboxylic acids is 2. The van der Waals surface area contributed by atoms with Gasteiger partial charge >= 0.3 is 12.1 Å². The number of aliphatic carboxylic acids is 1. The Balaban J connectivity index is 1.08. The van der Waals surface area contributed by atoms with Crippen LogP contribution in [0.3, 0.4) is 0 Å². The zero-order valence-corrected chi connectivity index (χ0v) is 18.7. The molecule has 174 valence electrons. The van der Waals surface area contributed by atoms with E-state index in [0.29, 0.717) is 6.42 Å². The Morgan fingerprint density at radius 3 is 2.21 bits per heavy atom. The van der Waals surface area contributed by atoms with E-state index in [4.69, 9.17) is 4.74 Å². The Morgan fingerprint density at radius 1 is 1.00 bits per heavy atom. The molecule has 0 bridgehead atoms. The number of amides is 2. The third-order valence-electron chi connectivity index (χ3n) is 7.67. The van der Waals surface area contributed by atoms with Crippen molar-refractivity contribution in [2.45, 2.75) is 31.6 Å². The Bertz CT molecular complexity index is 1180. The lowest BCUT2D eigenvalue weighted by atomic mass is 9.75. The number of carbonyl (C=O) groups is 3. The predicted octanol–water partition coefficient (Wildman–Crippen LogP) is 3.29. The summed E-state index contributed by atoms with van der Waals surface area (Å²) in [5, 5.41) is 14.7. The Morgan fingerprint density at radius 2 is 1.65 bits per heavy atom. The molecule has 34 heavy (non-hydrogen) atoms. The summed E-state index contributed by atoms with van der Waals surface area (Å²) in [4.78, 5) is 35.9. The third-order valence-corrected chi connectivity index (χ3v) is 7.67. The Kier molecular flexibility index (Phi) is 5.52. The number of hydrogen-bond acceptors (Lipinski definition) is 4. The highest BCUT2D eigenvalue weighted by molar-refractivity contribution is 5.94. The van der Waals surface area contributed by atoms with Gasteiger partial charge < -0.3 is 20.5 Å². The van der Waals surface area contributed by atoms with Gasteiger partial charge in [-0.15, -0.1) is 0 Å². The van der Waals surface area contributed by atoms with Gasteiger partial charge in [-0.2, -0.15) is 0 Å². The number of fused-ring (bicyclic) bond motifs is 3. The number of benzene rings is 2. The van der Waals surface area contributed by atoms with Crippen molar-refractivity contribution in [1.29, 1.82) is 0 Å². The van der Waals surface area contributed by atoms with Crippen LogP contribution in [-0.2, 0) is 14.3 Å². The number of carboxylic acid groups (broad SMARTS) is 1. The minimum atomic E-state index is -0.850. The second-order valence-corrected chi connectivity index (χ2v) is 9.36. The van der Waals surface area contributed by atoms with Crippen LogP contribution in [0.4, 0.5) is 4.79 Å². The molecule has 3 N–H and O–H groups in total. The van der Waals surface area contributed by atoms with Gasteiger partial charge in [0.15, 0.2) is 0 Å². The molecule has 7 heteroatoms. The van der Waals surface area contributed by atoms with E-state index >= 15 is 0 Å². The first kappa shape index (κ1) is 22.0. The standard InChI is InChI=1S/C27H26N2O5/c30-23(29-17-27(24(31)32)16-26(27)12-6-13-26)11-5-14-28-25(33)34-15-22-20-9-3-1-7-18(20)19-8-2-4-10-21(19)22/h1-4,7-10,22H,6,12-17H2,(H,28,33)(H,29,30)(H,31,32). The zero-order valence-electron chi connectivity index (χ0n) is 18.7. The van der Waals surface area contributed by atoms with Gasteiger partial charge in [0.1, 0.15) is 6.61 Å². The highest BCUT2D eigenvalue weighted by atomic mass is 16.5. The molecule has 2 aromatic rings. The van der Waals surface area contributed by atoms with Gasteiger partial charge in [0.2, 0.25) is 0 Å². The average Bonchev–Trinajstić information content (AvgIpc) is 3.44. The SMILES string of the molecule is O=C(C#CCNC(=O)OCC1c2ccccc2-c2ccccc21)NCC1(C(=O)O)CC12CCC2. The number of hydrogen-bond donors (Lipinski definition) is 3. The summed E-state index contributed by atoms with van der Waals surface area (Å²) in [6, 6.07) is 16.2. The molecule has 3 aliphatic rings. The van der Waals surface area contributed by atoms with Crippen molar-refractivity contribution in [3.63, 3.8) is 0 Å². The van der Waals surface area contributed by atoms with Crippen LogP contribution in [0.1, 0.15) is 42.7 Å². The van der Waals surface area contributed by atoms with E-state index < -0.39 is 23.4 Å². The van der Waals surface area contributed by atoms with Crippen LogP contribution in [0.25, 0.3) is 11.1 Å². The zero-order chi connectivity index (χ0) is 23.8. The number of alkyl carbamates (subject to hydrolysis) is 1. The highest BCUT2D eigenvalue weighted by Crippen LogP contribution is 2.73. The van der Waals surface area contributed by atoms with Gasteiger partial charge in [0.25, 0.3) is 5.91 Å². The molecule has 1 atom stereocenters. The molecule has 0 radical (unpaired) electrons. The predicted molar refractivity (Wildman–Crippen MR) is 125 cm³/mol. The minimum Gasteiger partial charge on any atom is -0.481 e. The van der Waals surface area contributed by atoms with Crippen molar-refractivity contribution in [3.05, 3.63) is 59.7 Å². The molecule has 2 fully saturated rings. The van der Waals surface area contributed by atoms with Crippen molar-refractivity contribution < 1.29 is 24.2 Å². The van der Waals surface area contributed by atoms with E-state index in [1.807, 2.05) is 36.4 Å². The van der Waals surface area contributed by atoms with Crippen LogP contribution in [0.2, 0.25) is 0 Å². The monoisotopic (exact) mass is 458 g/mol. The average molecular weight is 459 g/mol. The lowest BCUT2D eigenvalue weighted by molar-refractivity contribution is -0.145. The van der Waals surface area contributed by atoms with Crippen molar-refractivity contribution in [2.24, 2.45) is 10.8 Å². The smallest absolute Gasteiger partial charge is 0.407 e. The van der Waals surface area contributed by atoms with Crippen LogP contribution >= 0.6 is 0 Å². The normalized spacial score (nSPS) is 20.7. The van der Waals surface area contributed by atoms with E-state index in [-0.39, 0.29) is 31.0 Å². The summed E-state index contributed by atoms with van der Waals surface area (Å²) >= 11 is 0. The van der Waals surface area contributed by atoms with Crippen LogP contribution < -0.4 is 10.6 Å². The molecule has 5 rings (SSSR count).